The number of aryl methyl sites for hydroxylation is 2. The molecule has 5 nitrogen and oxygen atoms in total. The van der Waals surface area contributed by atoms with Crippen molar-refractivity contribution in [3.8, 4) is 11.4 Å². The van der Waals surface area contributed by atoms with Gasteiger partial charge in [-0.2, -0.15) is 0 Å². The largest absolute Gasteiger partial charge is 0.492 e. The maximum Gasteiger partial charge on any atom is 0.244 e. The van der Waals surface area contributed by atoms with Gasteiger partial charge in [0.15, 0.2) is 11.6 Å². The third kappa shape index (κ3) is 3.78. The van der Waals surface area contributed by atoms with Crippen LogP contribution < -0.4 is 10.1 Å². The van der Waals surface area contributed by atoms with Gasteiger partial charge in [-0.1, -0.05) is 24.3 Å². The van der Waals surface area contributed by atoms with Crippen molar-refractivity contribution in [2.75, 3.05) is 7.11 Å². The first kappa shape index (κ1) is 18.9. The zero-order chi connectivity index (χ0) is 20.4. The van der Waals surface area contributed by atoms with Gasteiger partial charge in [-0.05, 0) is 49.1 Å². The second-order valence-electron chi connectivity index (χ2n) is 7.08. The van der Waals surface area contributed by atoms with Gasteiger partial charge in [0.05, 0.1) is 30.9 Å². The fraction of sp³-hybridized carbons (Fsp3) is 0.217. The van der Waals surface area contributed by atoms with Crippen molar-refractivity contribution >= 4 is 12.0 Å². The number of imidazole rings is 1. The maximum absolute atomic E-state index is 14.9. The molecular formula is C23H22FN3O2. The number of halogens is 1. The number of amides is 1. The first-order chi connectivity index (χ1) is 14.1. The first-order valence-corrected chi connectivity index (χ1v) is 9.50. The van der Waals surface area contributed by atoms with Crippen LogP contribution >= 0.6 is 0 Å². The van der Waals surface area contributed by atoms with Crippen molar-refractivity contribution < 1.29 is 13.9 Å². The van der Waals surface area contributed by atoms with Crippen molar-refractivity contribution in [1.29, 1.82) is 0 Å². The Morgan fingerprint density at radius 3 is 2.90 bits per heavy atom. The van der Waals surface area contributed by atoms with Gasteiger partial charge in [0.25, 0.3) is 0 Å². The van der Waals surface area contributed by atoms with Crippen LogP contribution in [0.1, 0.15) is 34.8 Å². The summed E-state index contributed by atoms with van der Waals surface area (Å²) in [6.45, 7) is 1.86. The standard InChI is InChI=1S/C23H22FN3O2/c1-15-13-27(14-25-15)20-11-8-17(22(24)23(20)29-2)9-12-21(28)26-19-10-7-16-5-3-4-6-18(16)19/h3-6,8-9,11-14,19H,7,10H2,1-2H3,(H,26,28). The van der Waals surface area contributed by atoms with Gasteiger partial charge in [-0.3, -0.25) is 4.79 Å². The van der Waals surface area contributed by atoms with E-state index in [0.29, 0.717) is 5.69 Å². The summed E-state index contributed by atoms with van der Waals surface area (Å²) in [4.78, 5) is 16.5. The molecule has 0 aliphatic heterocycles. The van der Waals surface area contributed by atoms with Gasteiger partial charge in [0.1, 0.15) is 0 Å². The van der Waals surface area contributed by atoms with E-state index in [9.17, 15) is 9.18 Å². The molecule has 1 N–H and O–H groups in total. The molecule has 0 saturated carbocycles. The Morgan fingerprint density at radius 2 is 2.14 bits per heavy atom. The Balaban J connectivity index is 1.52. The van der Waals surface area contributed by atoms with Crippen LogP contribution in [0.3, 0.4) is 0 Å². The van der Waals surface area contributed by atoms with Gasteiger partial charge in [-0.25, -0.2) is 9.37 Å². The van der Waals surface area contributed by atoms with E-state index in [2.05, 4.69) is 16.4 Å². The lowest BCUT2D eigenvalue weighted by atomic mass is 10.1. The molecule has 0 bridgehead atoms. The van der Waals surface area contributed by atoms with Crippen LogP contribution in [-0.4, -0.2) is 22.6 Å². The highest BCUT2D eigenvalue weighted by molar-refractivity contribution is 5.92. The quantitative estimate of drug-likeness (QED) is 0.665. The van der Waals surface area contributed by atoms with E-state index in [1.165, 1.54) is 24.8 Å². The summed E-state index contributed by atoms with van der Waals surface area (Å²) < 4.78 is 21.9. The highest BCUT2D eigenvalue weighted by Crippen LogP contribution is 2.31. The molecule has 0 saturated heterocycles. The molecule has 1 heterocycles. The summed E-state index contributed by atoms with van der Waals surface area (Å²) in [5, 5.41) is 3.00. The van der Waals surface area contributed by atoms with Crippen LogP contribution in [0.2, 0.25) is 0 Å². The van der Waals surface area contributed by atoms with Gasteiger partial charge in [0, 0.05) is 17.8 Å². The number of hydrogen-bond donors (Lipinski definition) is 1. The summed E-state index contributed by atoms with van der Waals surface area (Å²) in [6, 6.07) is 11.5. The zero-order valence-electron chi connectivity index (χ0n) is 16.4. The number of benzene rings is 2. The van der Waals surface area contributed by atoms with E-state index in [-0.39, 0.29) is 23.3 Å². The minimum atomic E-state index is -0.522. The highest BCUT2D eigenvalue weighted by atomic mass is 19.1. The second kappa shape index (κ2) is 7.91. The van der Waals surface area contributed by atoms with Gasteiger partial charge >= 0.3 is 0 Å². The normalized spacial score (nSPS) is 15.5. The van der Waals surface area contributed by atoms with Crippen LogP contribution in [0.25, 0.3) is 11.8 Å². The molecule has 1 aromatic heterocycles. The van der Waals surface area contributed by atoms with Crippen molar-refractivity contribution in [1.82, 2.24) is 14.9 Å². The number of ether oxygens (including phenoxy) is 1. The number of aromatic nitrogens is 2. The lowest BCUT2D eigenvalue weighted by molar-refractivity contribution is -0.117. The number of hydrogen-bond acceptors (Lipinski definition) is 3. The molecule has 0 radical (unpaired) electrons. The molecule has 2 aromatic carbocycles. The van der Waals surface area contributed by atoms with Crippen LogP contribution in [0.5, 0.6) is 5.75 Å². The molecule has 1 aliphatic carbocycles. The summed E-state index contributed by atoms with van der Waals surface area (Å²) in [7, 11) is 1.42. The number of fused-ring (bicyclic) bond motifs is 1. The maximum atomic E-state index is 14.9. The van der Waals surface area contributed by atoms with Crippen molar-refractivity contribution in [3.05, 3.63) is 83.2 Å². The average Bonchev–Trinajstić information content (AvgIpc) is 3.33. The molecule has 6 heteroatoms. The van der Waals surface area contributed by atoms with Gasteiger partial charge in [0.2, 0.25) is 5.91 Å². The van der Waals surface area contributed by atoms with E-state index < -0.39 is 5.82 Å². The monoisotopic (exact) mass is 391 g/mol. The molecule has 148 valence electrons. The summed E-state index contributed by atoms with van der Waals surface area (Å²) in [5.74, 6) is -0.666. The lowest BCUT2D eigenvalue weighted by Crippen LogP contribution is -2.25. The topological polar surface area (TPSA) is 56.2 Å². The Labute approximate surface area is 168 Å². The summed E-state index contributed by atoms with van der Waals surface area (Å²) in [5.41, 5.74) is 4.07. The first-order valence-electron chi connectivity index (χ1n) is 9.50. The Hall–Kier alpha value is -3.41. The Kier molecular flexibility index (Phi) is 5.16. The minimum absolute atomic E-state index is 0.00501. The predicted molar refractivity (Wildman–Crippen MR) is 109 cm³/mol. The van der Waals surface area contributed by atoms with E-state index in [4.69, 9.17) is 4.74 Å². The minimum Gasteiger partial charge on any atom is -0.492 e. The number of rotatable bonds is 5. The number of nitrogens with zero attached hydrogens (tertiary/aromatic N) is 2. The van der Waals surface area contributed by atoms with Crippen molar-refractivity contribution in [3.63, 3.8) is 0 Å². The molecule has 4 rings (SSSR count). The predicted octanol–water partition coefficient (Wildman–Crippen LogP) is 4.15. The number of nitrogens with one attached hydrogen (secondary N) is 1. The van der Waals surface area contributed by atoms with Crippen LogP contribution in [0.15, 0.2) is 55.0 Å². The van der Waals surface area contributed by atoms with Crippen molar-refractivity contribution in [2.45, 2.75) is 25.8 Å². The number of methoxy groups -OCH3 is 1. The number of carbonyl (C=O) groups is 1. The van der Waals surface area contributed by atoms with Crippen LogP contribution in [-0.2, 0) is 11.2 Å². The van der Waals surface area contributed by atoms with Crippen molar-refractivity contribution in [2.24, 2.45) is 0 Å². The highest BCUT2D eigenvalue weighted by Gasteiger charge is 2.22. The average molecular weight is 391 g/mol. The van der Waals surface area contributed by atoms with E-state index in [0.717, 1.165) is 24.1 Å². The molecule has 1 atom stereocenters. The lowest BCUT2D eigenvalue weighted by Gasteiger charge is -2.13. The molecule has 1 aliphatic rings. The Bertz CT molecular complexity index is 1090. The Morgan fingerprint density at radius 1 is 1.31 bits per heavy atom. The van der Waals surface area contributed by atoms with Gasteiger partial charge in [-0.15, -0.1) is 0 Å². The molecule has 3 aromatic rings. The molecule has 1 amide bonds. The number of carbonyl (C=O) groups excluding carboxylic acids is 1. The fourth-order valence-electron chi connectivity index (χ4n) is 3.73. The second-order valence-corrected chi connectivity index (χ2v) is 7.08. The fourth-order valence-corrected chi connectivity index (χ4v) is 3.73. The third-order valence-corrected chi connectivity index (χ3v) is 5.16. The zero-order valence-corrected chi connectivity index (χ0v) is 16.4. The SMILES string of the molecule is COc1c(-n2cnc(C)c2)ccc(C=CC(=O)NC2CCc3ccccc32)c1F. The third-order valence-electron chi connectivity index (χ3n) is 5.16. The summed E-state index contributed by atoms with van der Waals surface area (Å²) in [6.07, 6.45) is 8.05. The smallest absolute Gasteiger partial charge is 0.244 e. The summed E-state index contributed by atoms with van der Waals surface area (Å²) >= 11 is 0. The van der Waals surface area contributed by atoms with E-state index in [1.54, 1.807) is 29.2 Å². The molecule has 0 fully saturated rings. The molecule has 29 heavy (non-hydrogen) atoms. The molecule has 1 unspecified atom stereocenters. The van der Waals surface area contributed by atoms with Crippen LogP contribution in [0.4, 0.5) is 4.39 Å². The van der Waals surface area contributed by atoms with Gasteiger partial charge < -0.3 is 14.6 Å². The van der Waals surface area contributed by atoms with Crippen LogP contribution in [0, 0.1) is 12.7 Å². The molecule has 0 spiro atoms. The van der Waals surface area contributed by atoms with E-state index >= 15 is 0 Å². The molecular weight excluding hydrogens is 369 g/mol. The van der Waals surface area contributed by atoms with E-state index in [1.807, 2.05) is 25.1 Å².